The third-order valence-electron chi connectivity index (χ3n) is 3.30. The van der Waals surface area contributed by atoms with Gasteiger partial charge in [-0.25, -0.2) is 0 Å². The maximum Gasteiger partial charge on any atom is 0.118 e. The average Bonchev–Trinajstić information content (AvgIpc) is 3.19. The summed E-state index contributed by atoms with van der Waals surface area (Å²) in [5.41, 5.74) is 7.26. The maximum atomic E-state index is 6.17. The van der Waals surface area contributed by atoms with Crippen LogP contribution >= 0.6 is 0 Å². The van der Waals surface area contributed by atoms with Crippen molar-refractivity contribution in [2.75, 3.05) is 13.7 Å². The summed E-state index contributed by atoms with van der Waals surface area (Å²) in [7, 11) is 1.66. The molecule has 0 amide bonds. The second-order valence-electron chi connectivity index (χ2n) is 4.78. The van der Waals surface area contributed by atoms with E-state index in [0.717, 1.165) is 23.8 Å². The third kappa shape index (κ3) is 3.45. The van der Waals surface area contributed by atoms with Gasteiger partial charge in [-0.3, -0.25) is 0 Å². The zero-order valence-corrected chi connectivity index (χ0v) is 10.6. The lowest BCUT2D eigenvalue weighted by molar-refractivity contribution is 0.0410. The molecule has 0 aliphatic heterocycles. The molecule has 2 rings (SSSR count). The Kier molecular flexibility index (Phi) is 4.02. The second kappa shape index (κ2) is 5.52. The Morgan fingerprint density at radius 2 is 1.94 bits per heavy atom. The monoisotopic (exact) mass is 235 g/mol. The van der Waals surface area contributed by atoms with Crippen molar-refractivity contribution in [1.29, 1.82) is 0 Å². The predicted molar refractivity (Wildman–Crippen MR) is 68.1 cm³/mol. The van der Waals surface area contributed by atoms with Gasteiger partial charge in [0.2, 0.25) is 0 Å². The Hall–Kier alpha value is -1.06. The fourth-order valence-corrected chi connectivity index (χ4v) is 1.77. The smallest absolute Gasteiger partial charge is 0.118 e. The summed E-state index contributed by atoms with van der Waals surface area (Å²) in [5.74, 6) is 1.63. The number of rotatable bonds is 6. The van der Waals surface area contributed by atoms with E-state index in [2.05, 4.69) is 0 Å². The first-order chi connectivity index (χ1) is 8.20. The van der Waals surface area contributed by atoms with E-state index in [1.54, 1.807) is 7.11 Å². The minimum Gasteiger partial charge on any atom is -0.497 e. The first-order valence-corrected chi connectivity index (χ1v) is 6.22. The lowest BCUT2D eigenvalue weighted by atomic mass is 10.0. The summed E-state index contributed by atoms with van der Waals surface area (Å²) in [6, 6.07) is 7.80. The molecular weight excluding hydrogens is 214 g/mol. The quantitative estimate of drug-likeness (QED) is 0.824. The lowest BCUT2D eigenvalue weighted by Crippen LogP contribution is -2.27. The van der Waals surface area contributed by atoms with Gasteiger partial charge in [0.05, 0.1) is 19.3 Å². The first kappa shape index (κ1) is 12.4. The Balaban J connectivity index is 1.89. The number of hydrogen-bond donors (Lipinski definition) is 1. The van der Waals surface area contributed by atoms with Crippen LogP contribution in [-0.2, 0) is 4.74 Å². The molecule has 3 heteroatoms. The molecule has 1 aliphatic carbocycles. The van der Waals surface area contributed by atoms with Crippen LogP contribution in [0.15, 0.2) is 24.3 Å². The largest absolute Gasteiger partial charge is 0.497 e. The van der Waals surface area contributed by atoms with Crippen LogP contribution in [-0.4, -0.2) is 19.8 Å². The highest BCUT2D eigenvalue weighted by atomic mass is 16.5. The van der Waals surface area contributed by atoms with Crippen LogP contribution in [0.2, 0.25) is 0 Å². The highest BCUT2D eigenvalue weighted by molar-refractivity contribution is 5.29. The van der Waals surface area contributed by atoms with E-state index in [4.69, 9.17) is 15.2 Å². The molecule has 0 aromatic heterocycles. The number of ether oxygens (including phenoxy) is 2. The SMILES string of the molecule is COc1ccc(C(N)C(C)OCC2CC2)cc1. The van der Waals surface area contributed by atoms with Crippen LogP contribution < -0.4 is 10.5 Å². The van der Waals surface area contributed by atoms with Crippen molar-refractivity contribution in [2.45, 2.75) is 31.9 Å². The summed E-state index contributed by atoms with van der Waals surface area (Å²) in [6.07, 6.45) is 2.68. The van der Waals surface area contributed by atoms with Crippen molar-refractivity contribution in [1.82, 2.24) is 0 Å². The van der Waals surface area contributed by atoms with Crippen molar-refractivity contribution in [3.05, 3.63) is 29.8 Å². The van der Waals surface area contributed by atoms with E-state index in [-0.39, 0.29) is 12.1 Å². The molecule has 3 nitrogen and oxygen atoms in total. The van der Waals surface area contributed by atoms with Crippen LogP contribution in [0.5, 0.6) is 5.75 Å². The van der Waals surface area contributed by atoms with Gasteiger partial charge in [-0.15, -0.1) is 0 Å². The van der Waals surface area contributed by atoms with Gasteiger partial charge in [0.1, 0.15) is 5.75 Å². The van der Waals surface area contributed by atoms with Crippen LogP contribution in [0, 0.1) is 5.92 Å². The predicted octanol–water partition coefficient (Wildman–Crippen LogP) is 2.51. The van der Waals surface area contributed by atoms with Gasteiger partial charge in [0, 0.05) is 6.61 Å². The third-order valence-corrected chi connectivity index (χ3v) is 3.30. The molecule has 17 heavy (non-hydrogen) atoms. The molecule has 0 spiro atoms. The van der Waals surface area contributed by atoms with Gasteiger partial charge >= 0.3 is 0 Å². The molecule has 1 aromatic carbocycles. The van der Waals surface area contributed by atoms with E-state index in [0.29, 0.717) is 0 Å². The molecule has 2 atom stereocenters. The second-order valence-corrected chi connectivity index (χ2v) is 4.78. The Labute approximate surface area is 103 Å². The van der Waals surface area contributed by atoms with Crippen molar-refractivity contribution in [3.63, 3.8) is 0 Å². The summed E-state index contributed by atoms with van der Waals surface area (Å²) < 4.78 is 10.9. The van der Waals surface area contributed by atoms with Gasteiger partial charge in [-0.2, -0.15) is 0 Å². The Morgan fingerprint density at radius 1 is 1.29 bits per heavy atom. The van der Waals surface area contributed by atoms with E-state index < -0.39 is 0 Å². The molecule has 94 valence electrons. The lowest BCUT2D eigenvalue weighted by Gasteiger charge is -2.21. The summed E-state index contributed by atoms with van der Waals surface area (Å²) in [5, 5.41) is 0. The standard InChI is InChI=1S/C14H21NO2/c1-10(17-9-11-3-4-11)14(15)12-5-7-13(16-2)8-6-12/h5-8,10-11,14H,3-4,9,15H2,1-2H3. The minimum atomic E-state index is -0.0698. The zero-order chi connectivity index (χ0) is 12.3. The van der Waals surface area contributed by atoms with Gasteiger partial charge in [0.25, 0.3) is 0 Å². The average molecular weight is 235 g/mol. The zero-order valence-electron chi connectivity index (χ0n) is 10.6. The summed E-state index contributed by atoms with van der Waals surface area (Å²) >= 11 is 0. The number of nitrogens with two attached hydrogens (primary N) is 1. The Morgan fingerprint density at radius 3 is 2.47 bits per heavy atom. The van der Waals surface area contributed by atoms with E-state index in [9.17, 15) is 0 Å². The van der Waals surface area contributed by atoms with Crippen LogP contribution in [0.3, 0.4) is 0 Å². The van der Waals surface area contributed by atoms with Crippen LogP contribution in [0.1, 0.15) is 31.4 Å². The molecule has 0 radical (unpaired) electrons. The molecule has 0 bridgehead atoms. The van der Waals surface area contributed by atoms with Crippen molar-refractivity contribution in [3.8, 4) is 5.75 Å². The molecular formula is C14H21NO2. The van der Waals surface area contributed by atoms with E-state index >= 15 is 0 Å². The molecule has 2 N–H and O–H groups in total. The number of methoxy groups -OCH3 is 1. The van der Waals surface area contributed by atoms with Crippen molar-refractivity contribution < 1.29 is 9.47 Å². The van der Waals surface area contributed by atoms with Gasteiger partial charge in [-0.05, 0) is 43.4 Å². The fourth-order valence-electron chi connectivity index (χ4n) is 1.77. The fraction of sp³-hybridized carbons (Fsp3) is 0.571. The molecule has 1 aliphatic rings. The molecule has 0 heterocycles. The molecule has 1 saturated carbocycles. The van der Waals surface area contributed by atoms with E-state index in [1.807, 2.05) is 31.2 Å². The normalized spacial score (nSPS) is 18.8. The maximum absolute atomic E-state index is 6.17. The highest BCUT2D eigenvalue weighted by Gasteiger charge is 2.24. The van der Waals surface area contributed by atoms with Gasteiger partial charge < -0.3 is 15.2 Å². The molecule has 1 fully saturated rings. The van der Waals surface area contributed by atoms with Crippen molar-refractivity contribution in [2.24, 2.45) is 11.7 Å². The minimum absolute atomic E-state index is 0.0593. The summed E-state index contributed by atoms with van der Waals surface area (Å²) in [6.45, 7) is 2.89. The molecule has 0 saturated heterocycles. The van der Waals surface area contributed by atoms with Crippen LogP contribution in [0.25, 0.3) is 0 Å². The topological polar surface area (TPSA) is 44.5 Å². The first-order valence-electron chi connectivity index (χ1n) is 6.22. The summed E-state index contributed by atoms with van der Waals surface area (Å²) in [4.78, 5) is 0. The van der Waals surface area contributed by atoms with Gasteiger partial charge in [-0.1, -0.05) is 12.1 Å². The van der Waals surface area contributed by atoms with Gasteiger partial charge in [0.15, 0.2) is 0 Å². The number of hydrogen-bond acceptors (Lipinski definition) is 3. The van der Waals surface area contributed by atoms with E-state index in [1.165, 1.54) is 12.8 Å². The van der Waals surface area contributed by atoms with Crippen LogP contribution in [0.4, 0.5) is 0 Å². The number of benzene rings is 1. The molecule has 2 unspecified atom stereocenters. The van der Waals surface area contributed by atoms with Crippen molar-refractivity contribution >= 4 is 0 Å². The Bertz CT molecular complexity index is 346. The molecule has 1 aromatic rings. The highest BCUT2D eigenvalue weighted by Crippen LogP contribution is 2.30.